The van der Waals surface area contributed by atoms with E-state index in [2.05, 4.69) is 10.6 Å². The quantitative estimate of drug-likeness (QED) is 0.708. The van der Waals surface area contributed by atoms with Crippen molar-refractivity contribution in [2.24, 2.45) is 5.92 Å². The van der Waals surface area contributed by atoms with E-state index in [0.29, 0.717) is 34.1 Å². The van der Waals surface area contributed by atoms with Crippen molar-refractivity contribution < 1.29 is 28.5 Å². The van der Waals surface area contributed by atoms with E-state index in [4.69, 9.17) is 18.9 Å². The monoisotopic (exact) mass is 378 g/mol. The van der Waals surface area contributed by atoms with Crippen LogP contribution in [0.25, 0.3) is 0 Å². The summed E-state index contributed by atoms with van der Waals surface area (Å²) < 4.78 is 21.5. The van der Waals surface area contributed by atoms with Crippen molar-refractivity contribution in [3.05, 3.63) is 29.0 Å². The van der Waals surface area contributed by atoms with E-state index in [1.165, 1.54) is 21.3 Å². The minimum Gasteiger partial charge on any atom is -0.496 e. The van der Waals surface area contributed by atoms with Gasteiger partial charge in [0.2, 0.25) is 0 Å². The number of hydrogen-bond acceptors (Lipinski definition) is 6. The van der Waals surface area contributed by atoms with Crippen LogP contribution >= 0.6 is 0 Å². The number of rotatable bonds is 7. The number of nitrogens with one attached hydrogen (secondary N) is 2. The average Bonchev–Trinajstić information content (AvgIpc) is 2.64. The second-order valence-corrected chi connectivity index (χ2v) is 6.51. The number of esters is 1. The molecule has 1 aliphatic rings. The van der Waals surface area contributed by atoms with Gasteiger partial charge in [-0.15, -0.1) is 0 Å². The number of ether oxygens (including phenoxy) is 4. The van der Waals surface area contributed by atoms with Gasteiger partial charge >= 0.3 is 12.0 Å². The van der Waals surface area contributed by atoms with Crippen molar-refractivity contribution in [2.45, 2.75) is 26.8 Å². The molecule has 2 N–H and O–H groups in total. The molecule has 1 unspecified atom stereocenters. The fourth-order valence-electron chi connectivity index (χ4n) is 2.80. The molecular formula is C19H26N2O6. The van der Waals surface area contributed by atoms with Crippen LogP contribution < -0.4 is 24.8 Å². The summed E-state index contributed by atoms with van der Waals surface area (Å²) in [6, 6.07) is 2.15. The van der Waals surface area contributed by atoms with Gasteiger partial charge in [-0.3, -0.25) is 0 Å². The third-order valence-electron chi connectivity index (χ3n) is 4.08. The summed E-state index contributed by atoms with van der Waals surface area (Å²) in [6.07, 6.45) is 0. The van der Waals surface area contributed by atoms with Gasteiger partial charge < -0.3 is 29.6 Å². The topological polar surface area (TPSA) is 95.1 Å². The molecule has 0 radical (unpaired) electrons. The zero-order valence-corrected chi connectivity index (χ0v) is 16.5. The summed E-state index contributed by atoms with van der Waals surface area (Å²) in [5, 5.41) is 5.38. The molecule has 0 aliphatic carbocycles. The standard InChI is InChI=1S/C19H26N2O6/c1-10(2)9-27-18(22)16-11(3)20-19(23)21-17(16)12-7-14(25-5)15(26-6)8-13(12)24-4/h7-8,10,17H,9H2,1-6H3,(H2,20,21,23). The average molecular weight is 378 g/mol. The van der Waals surface area contributed by atoms with Crippen molar-refractivity contribution in [3.8, 4) is 17.2 Å². The van der Waals surface area contributed by atoms with Gasteiger partial charge in [-0.25, -0.2) is 9.59 Å². The minimum atomic E-state index is -0.756. The Morgan fingerprint density at radius 3 is 2.22 bits per heavy atom. The highest BCUT2D eigenvalue weighted by Crippen LogP contribution is 2.40. The van der Waals surface area contributed by atoms with E-state index in [0.717, 1.165) is 0 Å². The largest absolute Gasteiger partial charge is 0.496 e. The normalized spacial score (nSPS) is 16.6. The van der Waals surface area contributed by atoms with Crippen LogP contribution in [-0.4, -0.2) is 39.9 Å². The van der Waals surface area contributed by atoms with Crippen LogP contribution in [0, 0.1) is 5.92 Å². The molecule has 8 nitrogen and oxygen atoms in total. The lowest BCUT2D eigenvalue weighted by molar-refractivity contribution is -0.140. The van der Waals surface area contributed by atoms with Crippen molar-refractivity contribution in [1.29, 1.82) is 0 Å². The molecule has 0 fully saturated rings. The van der Waals surface area contributed by atoms with E-state index in [1.54, 1.807) is 19.1 Å². The van der Waals surface area contributed by atoms with Crippen molar-refractivity contribution in [3.63, 3.8) is 0 Å². The number of carbonyl (C=O) groups excluding carboxylic acids is 2. The van der Waals surface area contributed by atoms with E-state index in [9.17, 15) is 9.59 Å². The first kappa shape index (κ1) is 20.4. The van der Waals surface area contributed by atoms with Crippen molar-refractivity contribution in [2.75, 3.05) is 27.9 Å². The number of amides is 2. The van der Waals surface area contributed by atoms with Gasteiger partial charge in [0.15, 0.2) is 11.5 Å². The first-order valence-corrected chi connectivity index (χ1v) is 8.57. The Kier molecular flexibility index (Phi) is 6.55. The summed E-state index contributed by atoms with van der Waals surface area (Å²) in [5.41, 5.74) is 1.29. The Labute approximate surface area is 158 Å². The summed E-state index contributed by atoms with van der Waals surface area (Å²) in [6.45, 7) is 5.83. The molecule has 0 spiro atoms. The fraction of sp³-hybridized carbons (Fsp3) is 0.474. The summed E-state index contributed by atoms with van der Waals surface area (Å²) in [5.74, 6) is 1.06. The van der Waals surface area contributed by atoms with Crippen LogP contribution in [-0.2, 0) is 9.53 Å². The van der Waals surface area contributed by atoms with Gasteiger partial charge in [0.25, 0.3) is 0 Å². The van der Waals surface area contributed by atoms with Crippen LogP contribution in [0.15, 0.2) is 23.4 Å². The molecule has 148 valence electrons. The SMILES string of the molecule is COc1cc(OC)c(C2NC(=O)NC(C)=C2C(=O)OCC(C)C)cc1OC. The Bertz CT molecular complexity index is 757. The maximum atomic E-state index is 12.7. The Morgan fingerprint density at radius 1 is 1.07 bits per heavy atom. The molecule has 1 aliphatic heterocycles. The molecule has 1 aromatic rings. The van der Waals surface area contributed by atoms with E-state index >= 15 is 0 Å². The van der Waals surface area contributed by atoms with E-state index in [1.807, 2.05) is 13.8 Å². The molecule has 8 heteroatoms. The van der Waals surface area contributed by atoms with Gasteiger partial charge in [0.1, 0.15) is 5.75 Å². The van der Waals surface area contributed by atoms with Gasteiger partial charge in [-0.05, 0) is 18.9 Å². The fourth-order valence-corrected chi connectivity index (χ4v) is 2.80. The lowest BCUT2D eigenvalue weighted by Gasteiger charge is -2.29. The molecule has 0 bridgehead atoms. The van der Waals surface area contributed by atoms with Crippen molar-refractivity contribution in [1.82, 2.24) is 10.6 Å². The van der Waals surface area contributed by atoms with Crippen LogP contribution in [0.5, 0.6) is 17.2 Å². The lowest BCUT2D eigenvalue weighted by Crippen LogP contribution is -2.45. The number of urea groups is 1. The molecule has 1 atom stereocenters. The zero-order valence-electron chi connectivity index (χ0n) is 16.5. The number of allylic oxidation sites excluding steroid dienone is 1. The smallest absolute Gasteiger partial charge is 0.338 e. The Hall–Kier alpha value is -2.90. The lowest BCUT2D eigenvalue weighted by atomic mass is 9.94. The Balaban J connectivity index is 2.54. The minimum absolute atomic E-state index is 0.190. The van der Waals surface area contributed by atoms with Gasteiger partial charge in [0.05, 0.1) is 39.6 Å². The van der Waals surface area contributed by atoms with Gasteiger partial charge in [0, 0.05) is 17.3 Å². The summed E-state index contributed by atoms with van der Waals surface area (Å²) in [4.78, 5) is 24.8. The van der Waals surface area contributed by atoms with E-state index < -0.39 is 18.0 Å². The number of methoxy groups -OCH3 is 3. The molecule has 27 heavy (non-hydrogen) atoms. The summed E-state index contributed by atoms with van der Waals surface area (Å²) >= 11 is 0. The van der Waals surface area contributed by atoms with Crippen LogP contribution in [0.1, 0.15) is 32.4 Å². The maximum Gasteiger partial charge on any atom is 0.338 e. The van der Waals surface area contributed by atoms with Gasteiger partial charge in [-0.1, -0.05) is 13.8 Å². The summed E-state index contributed by atoms with van der Waals surface area (Å²) in [7, 11) is 4.52. The Morgan fingerprint density at radius 2 is 1.67 bits per heavy atom. The van der Waals surface area contributed by atoms with Crippen molar-refractivity contribution >= 4 is 12.0 Å². The molecule has 0 saturated carbocycles. The molecule has 0 aromatic heterocycles. The second-order valence-electron chi connectivity index (χ2n) is 6.51. The molecular weight excluding hydrogens is 352 g/mol. The highest BCUT2D eigenvalue weighted by Gasteiger charge is 2.34. The molecule has 1 heterocycles. The number of carbonyl (C=O) groups is 2. The van der Waals surface area contributed by atoms with Crippen LogP contribution in [0.4, 0.5) is 4.79 Å². The van der Waals surface area contributed by atoms with E-state index in [-0.39, 0.29) is 12.5 Å². The second kappa shape index (κ2) is 8.66. The number of hydrogen-bond donors (Lipinski definition) is 2. The molecule has 1 aromatic carbocycles. The highest BCUT2D eigenvalue weighted by molar-refractivity contribution is 5.95. The number of benzene rings is 1. The van der Waals surface area contributed by atoms with Crippen LogP contribution in [0.2, 0.25) is 0 Å². The third kappa shape index (κ3) is 4.45. The maximum absolute atomic E-state index is 12.7. The zero-order chi connectivity index (χ0) is 20.1. The first-order valence-electron chi connectivity index (χ1n) is 8.57. The predicted molar refractivity (Wildman–Crippen MR) is 99.0 cm³/mol. The van der Waals surface area contributed by atoms with Gasteiger partial charge in [-0.2, -0.15) is 0 Å². The third-order valence-corrected chi connectivity index (χ3v) is 4.08. The molecule has 0 saturated heterocycles. The molecule has 2 rings (SSSR count). The molecule has 2 amide bonds. The highest BCUT2D eigenvalue weighted by atomic mass is 16.5. The first-order chi connectivity index (χ1) is 12.8. The van der Waals surface area contributed by atoms with Crippen LogP contribution in [0.3, 0.4) is 0 Å². The predicted octanol–water partition coefficient (Wildman–Crippen LogP) is 2.54.